The largest absolute Gasteiger partial charge is 0.417 e. The minimum Gasteiger partial charge on any atom is -0.350 e. The van der Waals surface area contributed by atoms with Gasteiger partial charge in [-0.05, 0) is 30.2 Å². The SMILES string of the molecule is CS(=O)(=O)c1ccc(-c2cc(C(F)(F)F)cnc2N2CCCC(F)(F)C2)cc1. The quantitative estimate of drug-likeness (QED) is 0.691. The molecule has 0 amide bonds. The minimum absolute atomic E-state index is 0.00208. The second-order valence-corrected chi connectivity index (χ2v) is 8.79. The number of piperidine rings is 1. The summed E-state index contributed by atoms with van der Waals surface area (Å²) < 4.78 is 90.3. The third-order valence-corrected chi connectivity index (χ3v) is 5.61. The number of aromatic nitrogens is 1. The number of benzene rings is 1. The van der Waals surface area contributed by atoms with Gasteiger partial charge in [-0.1, -0.05) is 12.1 Å². The third-order valence-electron chi connectivity index (χ3n) is 4.48. The Morgan fingerprint density at radius 1 is 1.14 bits per heavy atom. The molecule has 0 saturated carbocycles. The third kappa shape index (κ3) is 4.43. The van der Waals surface area contributed by atoms with Gasteiger partial charge in [-0.15, -0.1) is 0 Å². The van der Waals surface area contributed by atoms with E-state index in [1.165, 1.54) is 29.2 Å². The summed E-state index contributed by atoms with van der Waals surface area (Å²) in [5.74, 6) is -2.94. The molecule has 1 aliphatic heterocycles. The Hall–Kier alpha value is -2.23. The van der Waals surface area contributed by atoms with E-state index in [0.29, 0.717) is 6.20 Å². The summed E-state index contributed by atoms with van der Waals surface area (Å²) in [4.78, 5) is 5.11. The van der Waals surface area contributed by atoms with Crippen molar-refractivity contribution in [2.24, 2.45) is 0 Å². The van der Waals surface area contributed by atoms with E-state index in [1.54, 1.807) is 0 Å². The van der Waals surface area contributed by atoms with Gasteiger partial charge in [0, 0.05) is 31.0 Å². The van der Waals surface area contributed by atoms with Gasteiger partial charge in [-0.25, -0.2) is 22.2 Å². The molecule has 0 atom stereocenters. The van der Waals surface area contributed by atoms with Crippen LogP contribution in [0.25, 0.3) is 11.1 Å². The van der Waals surface area contributed by atoms with E-state index in [9.17, 15) is 30.4 Å². The van der Waals surface area contributed by atoms with Crippen molar-refractivity contribution in [3.63, 3.8) is 0 Å². The van der Waals surface area contributed by atoms with Gasteiger partial charge in [0.1, 0.15) is 5.82 Å². The summed E-state index contributed by atoms with van der Waals surface area (Å²) in [6, 6.07) is 6.07. The van der Waals surface area contributed by atoms with E-state index in [-0.39, 0.29) is 41.2 Å². The molecule has 1 aliphatic rings. The number of sulfone groups is 1. The van der Waals surface area contributed by atoms with Gasteiger partial charge in [0.15, 0.2) is 9.84 Å². The smallest absolute Gasteiger partial charge is 0.350 e. The van der Waals surface area contributed by atoms with Gasteiger partial charge in [0.2, 0.25) is 0 Å². The Labute approximate surface area is 158 Å². The number of anilines is 1. The van der Waals surface area contributed by atoms with Crippen molar-refractivity contribution >= 4 is 15.7 Å². The summed E-state index contributed by atoms with van der Waals surface area (Å²) in [6.45, 7) is -0.401. The molecular formula is C18H17F5N2O2S. The van der Waals surface area contributed by atoms with Gasteiger partial charge < -0.3 is 4.90 Å². The number of hydrogen-bond donors (Lipinski definition) is 0. The summed E-state index contributed by atoms with van der Waals surface area (Å²) in [5.41, 5.74) is -0.732. The zero-order valence-electron chi connectivity index (χ0n) is 14.8. The fourth-order valence-corrected chi connectivity index (χ4v) is 3.74. The topological polar surface area (TPSA) is 50.3 Å². The molecule has 10 heteroatoms. The summed E-state index contributed by atoms with van der Waals surface area (Å²) >= 11 is 0. The lowest BCUT2D eigenvalue weighted by molar-refractivity contribution is -0.137. The number of nitrogens with zero attached hydrogens (tertiary/aromatic N) is 2. The molecule has 0 N–H and O–H groups in total. The maximum atomic E-state index is 13.8. The predicted octanol–water partition coefficient (Wildman–Crippen LogP) is 4.41. The van der Waals surface area contributed by atoms with Gasteiger partial charge >= 0.3 is 6.18 Å². The monoisotopic (exact) mass is 420 g/mol. The van der Waals surface area contributed by atoms with E-state index >= 15 is 0 Å². The second kappa shape index (κ2) is 6.98. The molecule has 1 aromatic heterocycles. The Balaban J connectivity index is 2.11. The van der Waals surface area contributed by atoms with Crippen LogP contribution in [-0.4, -0.2) is 38.7 Å². The molecule has 28 heavy (non-hydrogen) atoms. The molecule has 0 spiro atoms. The predicted molar refractivity (Wildman–Crippen MR) is 94.2 cm³/mol. The van der Waals surface area contributed by atoms with E-state index in [2.05, 4.69) is 4.98 Å². The first-order valence-electron chi connectivity index (χ1n) is 8.37. The van der Waals surface area contributed by atoms with Crippen LogP contribution in [0, 0.1) is 0 Å². The molecule has 0 bridgehead atoms. The number of hydrogen-bond acceptors (Lipinski definition) is 4. The molecule has 2 heterocycles. The molecule has 152 valence electrons. The molecule has 0 radical (unpaired) electrons. The van der Waals surface area contributed by atoms with Crippen molar-refractivity contribution in [2.75, 3.05) is 24.2 Å². The molecule has 0 unspecified atom stereocenters. The van der Waals surface area contributed by atoms with Crippen molar-refractivity contribution in [3.8, 4) is 11.1 Å². The van der Waals surface area contributed by atoms with Crippen LogP contribution in [0.15, 0.2) is 41.4 Å². The van der Waals surface area contributed by atoms with E-state index < -0.39 is 34.0 Å². The van der Waals surface area contributed by atoms with Gasteiger partial charge in [-0.2, -0.15) is 13.2 Å². The summed E-state index contributed by atoms with van der Waals surface area (Å²) in [7, 11) is -3.48. The highest BCUT2D eigenvalue weighted by Gasteiger charge is 2.37. The van der Waals surface area contributed by atoms with Crippen molar-refractivity contribution in [1.29, 1.82) is 0 Å². The summed E-state index contributed by atoms with van der Waals surface area (Å²) in [5, 5.41) is 0. The average Bonchev–Trinajstić information content (AvgIpc) is 2.59. The van der Waals surface area contributed by atoms with Gasteiger partial charge in [0.05, 0.1) is 17.0 Å². The van der Waals surface area contributed by atoms with Crippen LogP contribution in [0.5, 0.6) is 0 Å². The van der Waals surface area contributed by atoms with Crippen molar-refractivity contribution in [1.82, 2.24) is 4.98 Å². The molecule has 3 rings (SSSR count). The highest BCUT2D eigenvalue weighted by atomic mass is 32.2. The molecule has 4 nitrogen and oxygen atoms in total. The maximum Gasteiger partial charge on any atom is 0.417 e. The normalized spacial score (nSPS) is 17.6. The standard InChI is InChI=1S/C18H17F5N2O2S/c1-28(26,27)14-5-3-12(4-6-14)15-9-13(18(21,22)23)10-24-16(15)25-8-2-7-17(19,20)11-25/h3-6,9-10H,2,7-8,11H2,1H3. The minimum atomic E-state index is -4.65. The molecule has 1 fully saturated rings. The highest BCUT2D eigenvalue weighted by Crippen LogP contribution is 2.38. The van der Waals surface area contributed by atoms with Crippen molar-refractivity contribution in [2.45, 2.75) is 29.8 Å². The van der Waals surface area contributed by atoms with Crippen molar-refractivity contribution < 1.29 is 30.4 Å². The van der Waals surface area contributed by atoms with Crippen LogP contribution in [0.1, 0.15) is 18.4 Å². The van der Waals surface area contributed by atoms with E-state index in [4.69, 9.17) is 0 Å². The van der Waals surface area contributed by atoms with Crippen LogP contribution < -0.4 is 4.90 Å². The van der Waals surface area contributed by atoms with Crippen molar-refractivity contribution in [3.05, 3.63) is 42.1 Å². The maximum absolute atomic E-state index is 13.8. The van der Waals surface area contributed by atoms with Crippen LogP contribution in [0.2, 0.25) is 0 Å². The molecule has 2 aromatic rings. The fraction of sp³-hybridized carbons (Fsp3) is 0.389. The molecule has 1 aromatic carbocycles. The summed E-state index contributed by atoms with van der Waals surface area (Å²) in [6.07, 6.45) is -3.13. The molecule has 1 saturated heterocycles. The zero-order chi connectivity index (χ0) is 20.7. The number of alkyl halides is 5. The fourth-order valence-electron chi connectivity index (χ4n) is 3.11. The Kier molecular flexibility index (Phi) is 5.11. The van der Waals surface area contributed by atoms with E-state index in [1.807, 2.05) is 0 Å². The number of pyridine rings is 1. The van der Waals surface area contributed by atoms with Crippen LogP contribution in [0.4, 0.5) is 27.8 Å². The van der Waals surface area contributed by atoms with Crippen LogP contribution in [0.3, 0.4) is 0 Å². The highest BCUT2D eigenvalue weighted by molar-refractivity contribution is 7.90. The van der Waals surface area contributed by atoms with Gasteiger partial charge in [-0.3, -0.25) is 0 Å². The Morgan fingerprint density at radius 3 is 2.32 bits per heavy atom. The molecular weight excluding hydrogens is 403 g/mol. The first-order valence-corrected chi connectivity index (χ1v) is 10.3. The first kappa shape index (κ1) is 20.5. The Bertz CT molecular complexity index is 972. The second-order valence-electron chi connectivity index (χ2n) is 6.77. The lowest BCUT2D eigenvalue weighted by Crippen LogP contribution is -2.43. The van der Waals surface area contributed by atoms with Gasteiger partial charge in [0.25, 0.3) is 5.92 Å². The Morgan fingerprint density at radius 2 is 1.79 bits per heavy atom. The number of halogens is 5. The lowest BCUT2D eigenvalue weighted by atomic mass is 10.0. The van der Waals surface area contributed by atoms with E-state index in [0.717, 1.165) is 12.3 Å². The lowest BCUT2D eigenvalue weighted by Gasteiger charge is -2.34. The number of rotatable bonds is 3. The van der Waals surface area contributed by atoms with Crippen LogP contribution >= 0.6 is 0 Å². The van der Waals surface area contributed by atoms with Crippen LogP contribution in [-0.2, 0) is 16.0 Å². The molecule has 0 aliphatic carbocycles. The average molecular weight is 420 g/mol. The first-order chi connectivity index (χ1) is 12.9. The zero-order valence-corrected chi connectivity index (χ0v) is 15.6.